The average Bonchev–Trinajstić information content (AvgIpc) is 2.62. The highest BCUT2D eigenvalue weighted by Crippen LogP contribution is 2.18. The molecule has 1 unspecified atom stereocenters. The normalized spacial score (nSPS) is 17.0. The summed E-state index contributed by atoms with van der Waals surface area (Å²) >= 11 is 5.99. The van der Waals surface area contributed by atoms with E-state index in [1.807, 2.05) is 31.2 Å². The molecule has 1 aliphatic heterocycles. The summed E-state index contributed by atoms with van der Waals surface area (Å²) in [5, 5.41) is 7.40. The number of nitrogens with zero attached hydrogens (tertiary/aromatic N) is 2. The van der Waals surface area contributed by atoms with Crippen LogP contribution in [-0.4, -0.2) is 68.9 Å². The van der Waals surface area contributed by atoms with Crippen LogP contribution in [0.15, 0.2) is 29.3 Å². The second kappa shape index (κ2) is 11.9. The molecule has 0 spiro atoms. The van der Waals surface area contributed by atoms with Gasteiger partial charge in [-0.15, -0.1) is 24.0 Å². The summed E-state index contributed by atoms with van der Waals surface area (Å²) in [6.07, 6.45) is -0.0146. The highest BCUT2D eigenvalue weighted by Gasteiger charge is 2.28. The fraction of sp³-hybridized carbons (Fsp3) is 0.632. The molecular weight excluding hydrogens is 479 g/mol. The Bertz CT molecular complexity index is 595. The quantitative estimate of drug-likeness (QED) is 0.336. The molecule has 0 saturated carbocycles. The second-order valence-electron chi connectivity index (χ2n) is 7.10. The SMILES string of the molecule is CN=C(NCC(C)Oc1cccc(Cl)c1)NCC(C)(C)N1CCOCC1.I. The van der Waals surface area contributed by atoms with Crippen molar-refractivity contribution in [2.45, 2.75) is 32.4 Å². The molecule has 8 heteroatoms. The molecule has 0 amide bonds. The van der Waals surface area contributed by atoms with Crippen molar-refractivity contribution >= 4 is 41.5 Å². The largest absolute Gasteiger partial charge is 0.489 e. The molecule has 1 saturated heterocycles. The lowest BCUT2D eigenvalue weighted by molar-refractivity contribution is -0.00834. The van der Waals surface area contributed by atoms with E-state index in [1.54, 1.807) is 7.05 Å². The first-order chi connectivity index (χ1) is 12.4. The summed E-state index contributed by atoms with van der Waals surface area (Å²) < 4.78 is 11.3. The van der Waals surface area contributed by atoms with Crippen LogP contribution in [0.5, 0.6) is 5.75 Å². The van der Waals surface area contributed by atoms with Crippen molar-refractivity contribution in [2.75, 3.05) is 46.4 Å². The Labute approximate surface area is 185 Å². The predicted octanol–water partition coefficient (Wildman–Crippen LogP) is 3.00. The molecule has 0 aromatic heterocycles. The van der Waals surface area contributed by atoms with Crippen molar-refractivity contribution in [3.63, 3.8) is 0 Å². The van der Waals surface area contributed by atoms with E-state index in [-0.39, 0.29) is 35.6 Å². The maximum absolute atomic E-state index is 5.99. The van der Waals surface area contributed by atoms with Crippen molar-refractivity contribution < 1.29 is 9.47 Å². The summed E-state index contributed by atoms with van der Waals surface area (Å²) in [4.78, 5) is 6.75. The summed E-state index contributed by atoms with van der Waals surface area (Å²) in [6, 6.07) is 7.43. The Morgan fingerprint density at radius 2 is 2.04 bits per heavy atom. The van der Waals surface area contributed by atoms with E-state index in [4.69, 9.17) is 21.1 Å². The first-order valence-electron chi connectivity index (χ1n) is 9.10. The number of hydrogen-bond donors (Lipinski definition) is 2. The van der Waals surface area contributed by atoms with E-state index < -0.39 is 0 Å². The molecule has 27 heavy (non-hydrogen) atoms. The van der Waals surface area contributed by atoms with E-state index in [1.165, 1.54) is 0 Å². The van der Waals surface area contributed by atoms with Crippen molar-refractivity contribution in [1.29, 1.82) is 0 Å². The van der Waals surface area contributed by atoms with E-state index in [2.05, 4.69) is 34.4 Å². The maximum atomic E-state index is 5.99. The molecule has 0 radical (unpaired) electrons. The number of nitrogens with one attached hydrogen (secondary N) is 2. The number of guanidine groups is 1. The molecule has 0 aliphatic carbocycles. The van der Waals surface area contributed by atoms with Crippen molar-refractivity contribution in [3.8, 4) is 5.75 Å². The van der Waals surface area contributed by atoms with Gasteiger partial charge in [-0.2, -0.15) is 0 Å². The van der Waals surface area contributed by atoms with Crippen LogP contribution in [0.2, 0.25) is 5.02 Å². The van der Waals surface area contributed by atoms with Crippen molar-refractivity contribution in [3.05, 3.63) is 29.3 Å². The molecule has 1 aliphatic rings. The zero-order valence-corrected chi connectivity index (χ0v) is 19.7. The molecule has 2 N–H and O–H groups in total. The van der Waals surface area contributed by atoms with Gasteiger partial charge in [-0.05, 0) is 39.0 Å². The Morgan fingerprint density at radius 3 is 2.67 bits per heavy atom. The van der Waals surface area contributed by atoms with Gasteiger partial charge >= 0.3 is 0 Å². The fourth-order valence-corrected chi connectivity index (χ4v) is 3.04. The number of benzene rings is 1. The molecule has 154 valence electrons. The second-order valence-corrected chi connectivity index (χ2v) is 7.54. The van der Waals surface area contributed by atoms with E-state index in [0.29, 0.717) is 11.6 Å². The van der Waals surface area contributed by atoms with Gasteiger partial charge in [0.05, 0.1) is 19.8 Å². The zero-order valence-electron chi connectivity index (χ0n) is 16.6. The molecule has 2 rings (SSSR count). The number of rotatable bonds is 7. The van der Waals surface area contributed by atoms with Gasteiger partial charge < -0.3 is 20.1 Å². The number of hydrogen-bond acceptors (Lipinski definition) is 4. The summed E-state index contributed by atoms with van der Waals surface area (Å²) in [7, 11) is 1.78. The molecule has 1 fully saturated rings. The number of ether oxygens (including phenoxy) is 2. The van der Waals surface area contributed by atoms with Crippen LogP contribution in [0, 0.1) is 0 Å². The fourth-order valence-electron chi connectivity index (χ4n) is 2.86. The van der Waals surface area contributed by atoms with E-state index in [9.17, 15) is 0 Å². The first kappa shape index (κ1) is 24.3. The van der Waals surface area contributed by atoms with Crippen LogP contribution >= 0.6 is 35.6 Å². The lowest BCUT2D eigenvalue weighted by Gasteiger charge is -2.41. The first-order valence-corrected chi connectivity index (χ1v) is 9.48. The van der Waals surface area contributed by atoms with Gasteiger partial charge in [0, 0.05) is 37.2 Å². The van der Waals surface area contributed by atoms with Gasteiger partial charge in [-0.3, -0.25) is 9.89 Å². The van der Waals surface area contributed by atoms with Crippen molar-refractivity contribution in [2.24, 2.45) is 4.99 Å². The van der Waals surface area contributed by atoms with Gasteiger partial charge in [0.25, 0.3) is 0 Å². The highest BCUT2D eigenvalue weighted by molar-refractivity contribution is 14.0. The minimum Gasteiger partial charge on any atom is -0.489 e. The Morgan fingerprint density at radius 1 is 1.33 bits per heavy atom. The third kappa shape index (κ3) is 8.41. The van der Waals surface area contributed by atoms with Crippen molar-refractivity contribution in [1.82, 2.24) is 15.5 Å². The maximum Gasteiger partial charge on any atom is 0.191 e. The summed E-state index contributed by atoms with van der Waals surface area (Å²) in [5.41, 5.74) is 0.0320. The molecule has 1 heterocycles. The molecular formula is C19H32ClIN4O2. The van der Waals surface area contributed by atoms with E-state index >= 15 is 0 Å². The van der Waals surface area contributed by atoms with Crippen LogP contribution in [0.3, 0.4) is 0 Å². The monoisotopic (exact) mass is 510 g/mol. The molecule has 0 bridgehead atoms. The average molecular weight is 511 g/mol. The van der Waals surface area contributed by atoms with Crippen LogP contribution in [-0.2, 0) is 4.74 Å². The highest BCUT2D eigenvalue weighted by atomic mass is 127. The van der Waals surface area contributed by atoms with Crippen LogP contribution in [0.25, 0.3) is 0 Å². The van der Waals surface area contributed by atoms with Crippen LogP contribution in [0.4, 0.5) is 0 Å². The predicted molar refractivity (Wildman–Crippen MR) is 123 cm³/mol. The van der Waals surface area contributed by atoms with Gasteiger partial charge in [0.1, 0.15) is 11.9 Å². The summed E-state index contributed by atoms with van der Waals surface area (Å²) in [6.45, 7) is 11.5. The molecule has 1 aromatic carbocycles. The topological polar surface area (TPSA) is 58.1 Å². The van der Waals surface area contributed by atoms with E-state index in [0.717, 1.165) is 44.6 Å². The number of aliphatic imine (C=N–C) groups is 1. The Kier molecular flexibility index (Phi) is 10.7. The van der Waals surface area contributed by atoms with Crippen LogP contribution in [0.1, 0.15) is 20.8 Å². The number of halogens is 2. The third-order valence-electron chi connectivity index (χ3n) is 4.47. The van der Waals surface area contributed by atoms with Gasteiger partial charge in [-0.1, -0.05) is 17.7 Å². The summed E-state index contributed by atoms with van der Waals surface area (Å²) in [5.74, 6) is 1.54. The molecule has 6 nitrogen and oxygen atoms in total. The van der Waals surface area contributed by atoms with Gasteiger partial charge in [0.2, 0.25) is 0 Å². The minimum absolute atomic E-state index is 0. The lowest BCUT2D eigenvalue weighted by atomic mass is 10.0. The lowest BCUT2D eigenvalue weighted by Crippen LogP contribution is -2.56. The Hall–Kier alpha value is -0.770. The minimum atomic E-state index is -0.0146. The van der Waals surface area contributed by atoms with Crippen LogP contribution < -0.4 is 15.4 Å². The van der Waals surface area contributed by atoms with Gasteiger partial charge in [0.15, 0.2) is 5.96 Å². The number of morpholine rings is 1. The molecule has 1 atom stereocenters. The molecule has 1 aromatic rings. The zero-order chi connectivity index (χ0) is 19.0. The third-order valence-corrected chi connectivity index (χ3v) is 4.70. The Balaban J connectivity index is 0.00000364. The standard InChI is InChI=1S/C19H31ClN4O2.HI/c1-15(26-17-7-5-6-16(20)12-17)13-22-18(21-4)23-14-19(2,3)24-8-10-25-11-9-24;/h5-7,12,15H,8-11,13-14H2,1-4H3,(H2,21,22,23);1H. The smallest absolute Gasteiger partial charge is 0.191 e. The van der Waals surface area contributed by atoms with Gasteiger partial charge in [-0.25, -0.2) is 0 Å².